The number of H-pyrrole nitrogens is 1. The molecule has 0 bridgehead atoms. The second-order valence-electron chi connectivity index (χ2n) is 3.85. The maximum Gasteiger partial charge on any atom is 0.270 e. The lowest BCUT2D eigenvalue weighted by Crippen LogP contribution is -2.30. The highest BCUT2D eigenvalue weighted by molar-refractivity contribution is 6.31. The molecule has 0 spiro atoms. The van der Waals surface area contributed by atoms with Crippen molar-refractivity contribution in [1.82, 2.24) is 10.3 Å². The molecule has 2 N–H and O–H groups in total. The molecule has 1 atom stereocenters. The first kappa shape index (κ1) is 13.2. The average Bonchev–Trinajstić information content (AvgIpc) is 2.71. The van der Waals surface area contributed by atoms with Crippen LogP contribution in [0.2, 0.25) is 5.02 Å². The van der Waals surface area contributed by atoms with E-state index in [-0.39, 0.29) is 0 Å². The summed E-state index contributed by atoms with van der Waals surface area (Å²) in [5, 5.41) is 4.06. The Labute approximate surface area is 113 Å². The van der Waals surface area contributed by atoms with E-state index in [2.05, 4.69) is 10.3 Å². The summed E-state index contributed by atoms with van der Waals surface area (Å²) in [6.07, 6.45) is 2.43. The van der Waals surface area contributed by atoms with Gasteiger partial charge in [-0.25, -0.2) is 4.39 Å². The van der Waals surface area contributed by atoms with Crippen molar-refractivity contribution in [1.29, 1.82) is 0 Å². The third-order valence-electron chi connectivity index (χ3n) is 2.62. The van der Waals surface area contributed by atoms with E-state index in [1.165, 1.54) is 0 Å². The molecule has 96 valence electrons. The zero-order valence-corrected chi connectivity index (χ0v) is 10.9. The van der Waals surface area contributed by atoms with Crippen LogP contribution in [0.15, 0.2) is 24.4 Å². The van der Waals surface area contributed by atoms with Gasteiger partial charge in [0, 0.05) is 28.7 Å². The van der Waals surface area contributed by atoms with Crippen molar-refractivity contribution in [2.75, 3.05) is 6.54 Å². The fraction of sp³-hybridized carbons (Fsp3) is 0.250. The summed E-state index contributed by atoms with van der Waals surface area (Å²) in [6.45, 7) is 0.325. The standard InChI is InChI=1S/C12H11Cl2FN2O/c13-8-1-2-10-9(5-8)7(6-17-10)3-4-16-12(18)11(14)15/h1-2,5-6,11,17H,3-4H2,(H,16,18). The van der Waals surface area contributed by atoms with Crippen LogP contribution in [0.3, 0.4) is 0 Å². The summed E-state index contributed by atoms with van der Waals surface area (Å²) in [7, 11) is 0. The Morgan fingerprint density at radius 1 is 1.50 bits per heavy atom. The molecule has 1 aromatic heterocycles. The third kappa shape index (κ3) is 2.94. The van der Waals surface area contributed by atoms with Gasteiger partial charge in [0.25, 0.3) is 11.5 Å². The molecule has 0 saturated carbocycles. The summed E-state index contributed by atoms with van der Waals surface area (Å²) in [5.41, 5.74) is -0.0124. The number of carbonyl (C=O) groups is 1. The van der Waals surface area contributed by atoms with Gasteiger partial charge in [-0.15, -0.1) is 0 Å². The SMILES string of the molecule is O=C(NCCc1c[nH]c2ccc(Cl)cc12)C(F)Cl. The van der Waals surface area contributed by atoms with Crippen LogP contribution in [0.25, 0.3) is 10.9 Å². The van der Waals surface area contributed by atoms with Crippen LogP contribution < -0.4 is 5.32 Å². The van der Waals surface area contributed by atoms with E-state index in [1.54, 1.807) is 6.07 Å². The van der Waals surface area contributed by atoms with E-state index < -0.39 is 11.5 Å². The Morgan fingerprint density at radius 2 is 2.28 bits per heavy atom. The van der Waals surface area contributed by atoms with Gasteiger partial charge in [-0.1, -0.05) is 23.2 Å². The molecule has 0 fully saturated rings. The number of benzene rings is 1. The number of rotatable bonds is 4. The van der Waals surface area contributed by atoms with E-state index in [1.807, 2.05) is 18.3 Å². The Bertz CT molecular complexity index is 568. The largest absolute Gasteiger partial charge is 0.361 e. The monoisotopic (exact) mass is 288 g/mol. The van der Waals surface area contributed by atoms with Crippen molar-refractivity contribution in [3.05, 3.63) is 35.0 Å². The summed E-state index contributed by atoms with van der Waals surface area (Å²) < 4.78 is 12.4. The molecule has 2 rings (SSSR count). The average molecular weight is 289 g/mol. The molecule has 1 amide bonds. The lowest BCUT2D eigenvalue weighted by molar-refractivity contribution is -0.123. The third-order valence-corrected chi connectivity index (χ3v) is 3.05. The van der Waals surface area contributed by atoms with Gasteiger partial charge in [0.15, 0.2) is 0 Å². The molecular formula is C12H11Cl2FN2O. The van der Waals surface area contributed by atoms with Gasteiger partial charge in [0.05, 0.1) is 0 Å². The Hall–Kier alpha value is -1.26. The highest BCUT2D eigenvalue weighted by Crippen LogP contribution is 2.22. The van der Waals surface area contributed by atoms with Gasteiger partial charge in [0.2, 0.25) is 0 Å². The number of amides is 1. The zero-order chi connectivity index (χ0) is 13.1. The van der Waals surface area contributed by atoms with Crippen LogP contribution in [0.5, 0.6) is 0 Å². The number of carbonyl (C=O) groups excluding carboxylic acids is 1. The predicted molar refractivity (Wildman–Crippen MR) is 70.8 cm³/mol. The summed E-state index contributed by atoms with van der Waals surface area (Å²) in [6, 6.07) is 5.54. The minimum absolute atomic E-state index is 0.325. The molecule has 0 aliphatic heterocycles. The quantitative estimate of drug-likeness (QED) is 0.835. The fourth-order valence-corrected chi connectivity index (χ4v) is 2.00. The molecular weight excluding hydrogens is 278 g/mol. The first-order chi connectivity index (χ1) is 8.58. The van der Waals surface area contributed by atoms with E-state index in [0.717, 1.165) is 16.5 Å². The van der Waals surface area contributed by atoms with Crippen LogP contribution in [0.1, 0.15) is 5.56 Å². The molecule has 0 aliphatic rings. The maximum atomic E-state index is 12.4. The van der Waals surface area contributed by atoms with Gasteiger partial charge in [-0.3, -0.25) is 4.79 Å². The molecule has 1 heterocycles. The number of hydrogen-bond acceptors (Lipinski definition) is 1. The molecule has 0 aliphatic carbocycles. The number of aromatic nitrogens is 1. The Kier molecular flexibility index (Phi) is 4.09. The van der Waals surface area contributed by atoms with Gasteiger partial charge in [0.1, 0.15) is 0 Å². The second kappa shape index (κ2) is 5.59. The smallest absolute Gasteiger partial charge is 0.270 e. The first-order valence-corrected chi connectivity index (χ1v) is 6.21. The van der Waals surface area contributed by atoms with E-state index in [9.17, 15) is 9.18 Å². The van der Waals surface area contributed by atoms with Crippen LogP contribution in [-0.4, -0.2) is 23.1 Å². The number of halogens is 3. The predicted octanol–water partition coefficient (Wildman–Crippen LogP) is 3.01. The van der Waals surface area contributed by atoms with Crippen molar-refractivity contribution in [2.24, 2.45) is 0 Å². The van der Waals surface area contributed by atoms with Gasteiger partial charge < -0.3 is 10.3 Å². The summed E-state index contributed by atoms with van der Waals surface area (Å²) in [5.74, 6) is -0.811. The Balaban J connectivity index is 2.04. The van der Waals surface area contributed by atoms with Crippen LogP contribution >= 0.6 is 23.2 Å². The number of fused-ring (bicyclic) bond motifs is 1. The molecule has 0 saturated heterocycles. The van der Waals surface area contributed by atoms with Crippen molar-refractivity contribution >= 4 is 40.0 Å². The molecule has 1 aromatic carbocycles. The lowest BCUT2D eigenvalue weighted by Gasteiger charge is -2.04. The minimum atomic E-state index is -2.00. The number of nitrogens with one attached hydrogen (secondary N) is 2. The van der Waals surface area contributed by atoms with E-state index >= 15 is 0 Å². The number of aromatic amines is 1. The van der Waals surface area contributed by atoms with Crippen LogP contribution in [0, 0.1) is 0 Å². The number of hydrogen-bond donors (Lipinski definition) is 2. The van der Waals surface area contributed by atoms with Gasteiger partial charge in [-0.05, 0) is 30.2 Å². The van der Waals surface area contributed by atoms with Crippen LogP contribution in [-0.2, 0) is 11.2 Å². The highest BCUT2D eigenvalue weighted by atomic mass is 35.5. The second-order valence-corrected chi connectivity index (χ2v) is 4.67. The highest BCUT2D eigenvalue weighted by Gasteiger charge is 2.12. The van der Waals surface area contributed by atoms with E-state index in [0.29, 0.717) is 18.0 Å². The van der Waals surface area contributed by atoms with Crippen molar-refractivity contribution < 1.29 is 9.18 Å². The molecule has 0 radical (unpaired) electrons. The Morgan fingerprint density at radius 3 is 3.00 bits per heavy atom. The maximum absolute atomic E-state index is 12.4. The lowest BCUT2D eigenvalue weighted by atomic mass is 10.1. The van der Waals surface area contributed by atoms with Crippen LogP contribution in [0.4, 0.5) is 4.39 Å². The number of alkyl halides is 2. The molecule has 6 heteroatoms. The molecule has 3 nitrogen and oxygen atoms in total. The first-order valence-electron chi connectivity index (χ1n) is 5.39. The summed E-state index contributed by atoms with van der Waals surface area (Å²) in [4.78, 5) is 14.0. The topological polar surface area (TPSA) is 44.9 Å². The summed E-state index contributed by atoms with van der Waals surface area (Å²) >= 11 is 10.9. The van der Waals surface area contributed by atoms with Gasteiger partial charge >= 0.3 is 0 Å². The minimum Gasteiger partial charge on any atom is -0.361 e. The van der Waals surface area contributed by atoms with Gasteiger partial charge in [-0.2, -0.15) is 0 Å². The molecule has 1 unspecified atom stereocenters. The van der Waals surface area contributed by atoms with Crippen molar-refractivity contribution in [3.63, 3.8) is 0 Å². The molecule has 18 heavy (non-hydrogen) atoms. The normalized spacial score (nSPS) is 12.6. The van der Waals surface area contributed by atoms with E-state index in [4.69, 9.17) is 23.2 Å². The van der Waals surface area contributed by atoms with Crippen molar-refractivity contribution in [3.8, 4) is 0 Å². The zero-order valence-electron chi connectivity index (χ0n) is 9.34. The molecule has 2 aromatic rings. The van der Waals surface area contributed by atoms with Crippen molar-refractivity contribution in [2.45, 2.75) is 12.1 Å². The fourth-order valence-electron chi connectivity index (χ4n) is 1.75.